The average molecular weight is 170 g/mol. The summed E-state index contributed by atoms with van der Waals surface area (Å²) in [6.45, 7) is 0. The van der Waals surface area contributed by atoms with E-state index in [2.05, 4.69) is 4.98 Å². The third kappa shape index (κ3) is 1.13. The van der Waals surface area contributed by atoms with Crippen molar-refractivity contribution in [1.29, 1.82) is 0 Å². The van der Waals surface area contributed by atoms with Gasteiger partial charge in [0, 0.05) is 12.0 Å². The van der Waals surface area contributed by atoms with Gasteiger partial charge in [-0.1, -0.05) is 0 Å². The highest BCUT2D eigenvalue weighted by atomic mass is 19.1. The highest BCUT2D eigenvalue weighted by molar-refractivity contribution is 5.38. The van der Waals surface area contributed by atoms with E-state index < -0.39 is 11.8 Å². The van der Waals surface area contributed by atoms with Crippen LogP contribution in [0.2, 0.25) is 0 Å². The molecule has 1 aliphatic rings. The van der Waals surface area contributed by atoms with Gasteiger partial charge in [0.25, 0.3) is 0 Å². The molecule has 0 radical (unpaired) electrons. The van der Waals surface area contributed by atoms with Gasteiger partial charge in [-0.15, -0.1) is 0 Å². The topological polar surface area (TPSA) is 38.9 Å². The molecule has 0 aliphatic heterocycles. The fraction of sp³-hybridized carbons (Fsp3) is 0.375. The van der Waals surface area contributed by atoms with E-state index in [1.54, 1.807) is 0 Å². The Morgan fingerprint density at radius 2 is 2.08 bits per heavy atom. The fourth-order valence-electron chi connectivity index (χ4n) is 1.14. The van der Waals surface area contributed by atoms with Gasteiger partial charge in [-0.3, -0.25) is 0 Å². The molecule has 0 amide bonds. The minimum absolute atomic E-state index is 0.111. The van der Waals surface area contributed by atoms with Crippen molar-refractivity contribution in [1.82, 2.24) is 4.98 Å². The number of hydrogen-bond donors (Lipinski definition) is 1. The maximum absolute atomic E-state index is 13.0. The van der Waals surface area contributed by atoms with Crippen molar-refractivity contribution in [2.45, 2.75) is 18.8 Å². The molecule has 2 N–H and O–H groups in total. The molecule has 2 nitrogen and oxygen atoms in total. The summed E-state index contributed by atoms with van der Waals surface area (Å²) in [4.78, 5) is 3.47. The molecule has 1 aromatic rings. The Hall–Kier alpha value is -1.19. The second-order valence-electron chi connectivity index (χ2n) is 3.01. The Labute approximate surface area is 68.4 Å². The van der Waals surface area contributed by atoms with Gasteiger partial charge < -0.3 is 5.73 Å². The molecule has 1 fully saturated rings. The van der Waals surface area contributed by atoms with E-state index in [0.717, 1.165) is 18.9 Å². The first kappa shape index (κ1) is 7.46. The van der Waals surface area contributed by atoms with E-state index in [9.17, 15) is 8.78 Å². The zero-order chi connectivity index (χ0) is 8.72. The number of halogens is 2. The summed E-state index contributed by atoms with van der Waals surface area (Å²) in [5.41, 5.74) is 5.13. The molecule has 1 aliphatic carbocycles. The Morgan fingerprint density at radius 3 is 2.67 bits per heavy atom. The standard InChI is InChI=1S/C8H8F2N2/c9-5-3-6(11)8(10)12-7(5)4-1-2-4/h3-4H,1-2,11H2. The lowest BCUT2D eigenvalue weighted by Crippen LogP contribution is -2.01. The van der Waals surface area contributed by atoms with Crippen LogP contribution in [0.5, 0.6) is 0 Å². The molecule has 1 saturated carbocycles. The predicted octanol–water partition coefficient (Wildman–Crippen LogP) is 1.82. The molecule has 2 rings (SSSR count). The molecule has 0 atom stereocenters. The van der Waals surface area contributed by atoms with Crippen molar-refractivity contribution >= 4 is 5.69 Å². The number of nitrogens with zero attached hydrogens (tertiary/aromatic N) is 1. The van der Waals surface area contributed by atoms with E-state index in [1.807, 2.05) is 0 Å². The molecule has 1 aromatic heterocycles. The monoisotopic (exact) mass is 170 g/mol. The van der Waals surface area contributed by atoms with Gasteiger partial charge in [0.15, 0.2) is 0 Å². The van der Waals surface area contributed by atoms with Crippen LogP contribution in [-0.4, -0.2) is 4.98 Å². The number of pyridine rings is 1. The lowest BCUT2D eigenvalue weighted by Gasteiger charge is -2.01. The largest absolute Gasteiger partial charge is 0.395 e. The first-order valence-corrected chi connectivity index (χ1v) is 3.80. The van der Waals surface area contributed by atoms with Crippen molar-refractivity contribution < 1.29 is 8.78 Å². The van der Waals surface area contributed by atoms with E-state index in [-0.39, 0.29) is 17.3 Å². The van der Waals surface area contributed by atoms with E-state index >= 15 is 0 Å². The highest BCUT2D eigenvalue weighted by Gasteiger charge is 2.29. The van der Waals surface area contributed by atoms with Gasteiger partial charge in [-0.25, -0.2) is 9.37 Å². The lowest BCUT2D eigenvalue weighted by atomic mass is 10.2. The van der Waals surface area contributed by atoms with Crippen LogP contribution in [0.15, 0.2) is 6.07 Å². The first-order chi connectivity index (χ1) is 5.68. The summed E-state index contributed by atoms with van der Waals surface area (Å²) in [5, 5.41) is 0. The van der Waals surface area contributed by atoms with E-state index in [1.165, 1.54) is 0 Å². The van der Waals surface area contributed by atoms with Gasteiger partial charge in [0.2, 0.25) is 5.95 Å². The van der Waals surface area contributed by atoms with E-state index in [4.69, 9.17) is 5.73 Å². The third-order valence-electron chi connectivity index (χ3n) is 1.95. The van der Waals surface area contributed by atoms with Gasteiger partial charge in [0.05, 0.1) is 11.4 Å². The summed E-state index contributed by atoms with van der Waals surface area (Å²) in [6, 6.07) is 0.996. The lowest BCUT2D eigenvalue weighted by molar-refractivity contribution is 0.547. The second-order valence-corrected chi connectivity index (χ2v) is 3.01. The molecule has 0 aromatic carbocycles. The fourth-order valence-corrected chi connectivity index (χ4v) is 1.14. The number of hydrogen-bond acceptors (Lipinski definition) is 2. The number of rotatable bonds is 1. The molecule has 0 bridgehead atoms. The van der Waals surface area contributed by atoms with Crippen molar-refractivity contribution in [2.75, 3.05) is 5.73 Å². The molecule has 4 heteroatoms. The summed E-state index contributed by atoms with van der Waals surface area (Å²) in [6.07, 6.45) is 1.79. The van der Waals surface area contributed by atoms with Gasteiger partial charge in [0.1, 0.15) is 5.82 Å². The second kappa shape index (κ2) is 2.40. The molecule has 12 heavy (non-hydrogen) atoms. The zero-order valence-corrected chi connectivity index (χ0v) is 6.35. The van der Waals surface area contributed by atoms with Crippen LogP contribution in [0.25, 0.3) is 0 Å². The van der Waals surface area contributed by atoms with Gasteiger partial charge in [-0.05, 0) is 12.8 Å². The molecular weight excluding hydrogens is 162 g/mol. The molecule has 0 unspecified atom stereocenters. The molecule has 0 spiro atoms. The summed E-state index contributed by atoms with van der Waals surface area (Å²) >= 11 is 0. The molecule has 1 heterocycles. The SMILES string of the molecule is Nc1cc(F)c(C2CC2)nc1F. The number of aromatic nitrogens is 1. The zero-order valence-electron chi connectivity index (χ0n) is 6.35. The van der Waals surface area contributed by atoms with Crippen LogP contribution < -0.4 is 5.73 Å². The Balaban J connectivity index is 2.47. The number of nitrogen functional groups attached to an aromatic ring is 1. The maximum Gasteiger partial charge on any atom is 0.236 e. The normalized spacial score (nSPS) is 16.5. The van der Waals surface area contributed by atoms with Crippen molar-refractivity contribution in [3.63, 3.8) is 0 Å². The average Bonchev–Trinajstić information content (AvgIpc) is 2.79. The van der Waals surface area contributed by atoms with Crippen molar-refractivity contribution in [2.24, 2.45) is 0 Å². The Kier molecular flexibility index (Phi) is 1.49. The van der Waals surface area contributed by atoms with E-state index in [0.29, 0.717) is 0 Å². The minimum atomic E-state index is -0.765. The quantitative estimate of drug-likeness (QED) is 0.653. The smallest absolute Gasteiger partial charge is 0.236 e. The highest BCUT2D eigenvalue weighted by Crippen LogP contribution is 2.40. The van der Waals surface area contributed by atoms with Crippen LogP contribution in [0.1, 0.15) is 24.5 Å². The van der Waals surface area contributed by atoms with Crippen molar-refractivity contribution in [3.05, 3.63) is 23.5 Å². The van der Waals surface area contributed by atoms with Crippen LogP contribution in [-0.2, 0) is 0 Å². The summed E-state index contributed by atoms with van der Waals surface area (Å²) < 4.78 is 25.8. The molecule has 64 valence electrons. The van der Waals surface area contributed by atoms with Crippen LogP contribution in [0, 0.1) is 11.8 Å². The maximum atomic E-state index is 13.0. The molecular formula is C8H8F2N2. The summed E-state index contributed by atoms with van der Waals surface area (Å²) in [7, 11) is 0. The summed E-state index contributed by atoms with van der Waals surface area (Å²) in [5.74, 6) is -1.14. The third-order valence-corrected chi connectivity index (χ3v) is 1.95. The van der Waals surface area contributed by atoms with Crippen LogP contribution in [0.4, 0.5) is 14.5 Å². The first-order valence-electron chi connectivity index (χ1n) is 3.80. The number of nitrogens with two attached hydrogens (primary N) is 1. The van der Waals surface area contributed by atoms with Gasteiger partial charge >= 0.3 is 0 Å². The number of anilines is 1. The van der Waals surface area contributed by atoms with Crippen LogP contribution in [0.3, 0.4) is 0 Å². The van der Waals surface area contributed by atoms with Crippen molar-refractivity contribution in [3.8, 4) is 0 Å². The Bertz CT molecular complexity index is 321. The molecule has 0 saturated heterocycles. The Morgan fingerprint density at radius 1 is 1.42 bits per heavy atom. The minimum Gasteiger partial charge on any atom is -0.395 e. The predicted molar refractivity (Wildman–Crippen MR) is 40.5 cm³/mol. The van der Waals surface area contributed by atoms with Gasteiger partial charge in [-0.2, -0.15) is 4.39 Å². The van der Waals surface area contributed by atoms with Crippen LogP contribution >= 0.6 is 0 Å².